The molecule has 49 heavy (non-hydrogen) atoms. The molecule has 262 valence electrons. The van der Waals surface area contributed by atoms with Crippen LogP contribution in [0.25, 0.3) is 10.9 Å². The highest BCUT2D eigenvalue weighted by atomic mass is 35.5. The molecule has 0 aliphatic carbocycles. The zero-order valence-electron chi connectivity index (χ0n) is 27.8. The van der Waals surface area contributed by atoms with Gasteiger partial charge in [-0.15, -0.1) is 0 Å². The number of aromatic carboxylic acids is 2. The molecule has 3 N–H and O–H groups in total. The zero-order valence-corrected chi connectivity index (χ0v) is 28.5. The number of fused-ring (bicyclic) bond motifs is 1. The predicted octanol–water partition coefficient (Wildman–Crippen LogP) is 7.20. The van der Waals surface area contributed by atoms with Gasteiger partial charge in [-0.1, -0.05) is 101 Å². The van der Waals surface area contributed by atoms with E-state index in [2.05, 4.69) is 22.3 Å². The summed E-state index contributed by atoms with van der Waals surface area (Å²) in [4.78, 5) is 56.8. The number of nitrogens with zero attached hydrogens (tertiary/aromatic N) is 4. The van der Waals surface area contributed by atoms with E-state index in [0.717, 1.165) is 23.6 Å². The molecule has 0 radical (unpaired) electrons. The number of ether oxygens (including phenoxy) is 1. The fourth-order valence-electron chi connectivity index (χ4n) is 5.69. The van der Waals surface area contributed by atoms with Crippen LogP contribution >= 0.6 is 11.6 Å². The number of carbonyl (C=O) groups excluding carboxylic acids is 1. The minimum absolute atomic E-state index is 0.0926. The molecule has 0 spiro atoms. The number of carboxylic acids is 2. The Hall–Kier alpha value is -4.55. The summed E-state index contributed by atoms with van der Waals surface area (Å²) in [5.41, 5.74) is -1.13. The molecule has 1 amide bonds. The Kier molecular flexibility index (Phi) is 14.3. The smallest absolute Gasteiger partial charge is 0.356 e. The van der Waals surface area contributed by atoms with Crippen LogP contribution in [0, 0.1) is 0 Å². The van der Waals surface area contributed by atoms with Crippen LogP contribution in [-0.4, -0.2) is 60.6 Å². The molecule has 1 unspecified atom stereocenters. The third kappa shape index (κ3) is 10.2. The fraction of sp³-hybridized carbons (Fsp3) is 0.444. The highest BCUT2D eigenvalue weighted by molar-refractivity contribution is 6.33. The standard InChI is InChI=1S/C36H44ClN5O7/c1-2-3-4-5-6-7-8-9-10-15-22-49-23-16-21-41-32(38-27-19-13-11-17-25(27)34(41)44)31(33(43)39-28-20-14-12-18-26(28)37)42-30(36(47)48)24-29(40-42)35(45)46/h11-14,17-20,24,31H,2-10,15-16,21-23H2,1H3,(H,39,43)(H,45,46)(H,47,48). The number of anilines is 1. The number of hydrogen-bond acceptors (Lipinski definition) is 7. The monoisotopic (exact) mass is 693 g/mol. The van der Waals surface area contributed by atoms with Crippen molar-refractivity contribution in [2.24, 2.45) is 0 Å². The van der Waals surface area contributed by atoms with Crippen molar-refractivity contribution in [3.05, 3.63) is 87.2 Å². The van der Waals surface area contributed by atoms with Gasteiger partial charge in [0.2, 0.25) is 0 Å². The van der Waals surface area contributed by atoms with Crippen molar-refractivity contribution in [1.82, 2.24) is 19.3 Å². The molecule has 4 aromatic rings. The third-order valence-electron chi connectivity index (χ3n) is 8.25. The number of amides is 1. The molecule has 4 rings (SSSR count). The van der Waals surface area contributed by atoms with Gasteiger partial charge in [0.1, 0.15) is 11.5 Å². The first-order chi connectivity index (χ1) is 23.7. The van der Waals surface area contributed by atoms with Crippen LogP contribution in [-0.2, 0) is 16.1 Å². The van der Waals surface area contributed by atoms with Crippen LogP contribution in [0.2, 0.25) is 5.02 Å². The SMILES string of the molecule is CCCCCCCCCCCCOCCCn1c(C(C(=O)Nc2ccccc2Cl)n2nc(C(=O)O)cc2C(=O)O)nc2ccccc2c1=O. The van der Waals surface area contributed by atoms with Crippen molar-refractivity contribution in [1.29, 1.82) is 0 Å². The number of carbonyl (C=O) groups is 3. The predicted molar refractivity (Wildman–Crippen MR) is 188 cm³/mol. The second kappa shape index (κ2) is 18.8. The van der Waals surface area contributed by atoms with Gasteiger partial charge in [0.15, 0.2) is 11.7 Å². The molecule has 0 fully saturated rings. The van der Waals surface area contributed by atoms with E-state index in [4.69, 9.17) is 16.3 Å². The fourth-order valence-corrected chi connectivity index (χ4v) is 5.87. The van der Waals surface area contributed by atoms with Gasteiger partial charge in [0.25, 0.3) is 11.5 Å². The van der Waals surface area contributed by atoms with E-state index in [0.29, 0.717) is 25.0 Å². The number of rotatable bonds is 21. The van der Waals surface area contributed by atoms with E-state index >= 15 is 0 Å². The van der Waals surface area contributed by atoms with Gasteiger partial charge in [0, 0.05) is 25.8 Å². The van der Waals surface area contributed by atoms with Crippen LogP contribution < -0.4 is 10.9 Å². The normalized spacial score (nSPS) is 11.9. The number of aromatic nitrogens is 4. The third-order valence-corrected chi connectivity index (χ3v) is 8.58. The molecule has 0 aliphatic heterocycles. The van der Waals surface area contributed by atoms with E-state index in [1.165, 1.54) is 55.9 Å². The molecule has 13 heteroatoms. The molecule has 0 bridgehead atoms. The first-order valence-corrected chi connectivity index (χ1v) is 17.3. The Labute approximate surface area is 290 Å². The Morgan fingerprint density at radius 3 is 2.16 bits per heavy atom. The number of hydrogen-bond donors (Lipinski definition) is 3. The molecule has 2 aromatic carbocycles. The Morgan fingerprint density at radius 2 is 1.49 bits per heavy atom. The van der Waals surface area contributed by atoms with Gasteiger partial charge in [-0.25, -0.2) is 19.3 Å². The van der Waals surface area contributed by atoms with E-state index in [-0.39, 0.29) is 28.6 Å². The summed E-state index contributed by atoms with van der Waals surface area (Å²) < 4.78 is 7.94. The molecule has 2 heterocycles. The average Bonchev–Trinajstić information content (AvgIpc) is 3.53. The molecule has 2 aromatic heterocycles. The number of benzene rings is 2. The van der Waals surface area contributed by atoms with Crippen LogP contribution in [0.3, 0.4) is 0 Å². The van der Waals surface area contributed by atoms with Gasteiger partial charge in [0.05, 0.1) is 21.6 Å². The highest BCUT2D eigenvalue weighted by Gasteiger charge is 2.34. The van der Waals surface area contributed by atoms with Crippen molar-refractivity contribution in [3.8, 4) is 0 Å². The van der Waals surface area contributed by atoms with E-state index < -0.39 is 40.8 Å². The maximum atomic E-state index is 14.1. The summed E-state index contributed by atoms with van der Waals surface area (Å²) >= 11 is 6.31. The first kappa shape index (κ1) is 37.3. The van der Waals surface area contributed by atoms with Crippen LogP contribution in [0.15, 0.2) is 59.4 Å². The lowest BCUT2D eigenvalue weighted by atomic mass is 10.1. The molecule has 0 aliphatic rings. The number of para-hydroxylation sites is 2. The minimum Gasteiger partial charge on any atom is -0.477 e. The van der Waals surface area contributed by atoms with E-state index in [1.807, 2.05) is 0 Å². The second-order valence-corrected chi connectivity index (χ2v) is 12.3. The number of halogens is 1. The number of unbranched alkanes of at least 4 members (excludes halogenated alkanes) is 9. The topological polar surface area (TPSA) is 166 Å². The lowest BCUT2D eigenvalue weighted by molar-refractivity contribution is -0.118. The minimum atomic E-state index is -1.67. The van der Waals surface area contributed by atoms with Crippen molar-refractivity contribution in [2.45, 2.75) is 90.1 Å². The maximum Gasteiger partial charge on any atom is 0.356 e. The van der Waals surface area contributed by atoms with Gasteiger partial charge < -0.3 is 20.3 Å². The quantitative estimate of drug-likeness (QED) is 0.0765. The maximum absolute atomic E-state index is 14.1. The van der Waals surface area contributed by atoms with Gasteiger partial charge in [-0.3, -0.25) is 14.2 Å². The van der Waals surface area contributed by atoms with Gasteiger partial charge in [-0.2, -0.15) is 5.10 Å². The van der Waals surface area contributed by atoms with Gasteiger partial charge in [-0.05, 0) is 37.1 Å². The van der Waals surface area contributed by atoms with Crippen molar-refractivity contribution < 1.29 is 29.3 Å². The van der Waals surface area contributed by atoms with Gasteiger partial charge >= 0.3 is 11.9 Å². The van der Waals surface area contributed by atoms with Crippen LogP contribution in [0.5, 0.6) is 0 Å². The molecule has 0 saturated heterocycles. The van der Waals surface area contributed by atoms with Crippen LogP contribution in [0.4, 0.5) is 5.69 Å². The van der Waals surface area contributed by atoms with E-state index in [1.54, 1.807) is 48.5 Å². The van der Waals surface area contributed by atoms with Crippen LogP contribution in [0.1, 0.15) is 110 Å². The van der Waals surface area contributed by atoms with E-state index in [9.17, 15) is 29.4 Å². The summed E-state index contributed by atoms with van der Waals surface area (Å²) in [5, 5.41) is 26.8. The Balaban J connectivity index is 1.56. The van der Waals surface area contributed by atoms with Crippen molar-refractivity contribution in [2.75, 3.05) is 18.5 Å². The molecule has 0 saturated carbocycles. The molecule has 12 nitrogen and oxygen atoms in total. The largest absolute Gasteiger partial charge is 0.477 e. The summed E-state index contributed by atoms with van der Waals surface area (Å²) in [5.74, 6) is -3.96. The summed E-state index contributed by atoms with van der Waals surface area (Å²) in [6, 6.07) is 12.2. The second-order valence-electron chi connectivity index (χ2n) is 11.9. The number of nitrogens with one attached hydrogen (secondary N) is 1. The van der Waals surface area contributed by atoms with Crippen molar-refractivity contribution in [3.63, 3.8) is 0 Å². The Bertz CT molecular complexity index is 1790. The molecular formula is C36H44ClN5O7. The first-order valence-electron chi connectivity index (χ1n) is 16.9. The lowest BCUT2D eigenvalue weighted by Crippen LogP contribution is -2.37. The Morgan fingerprint density at radius 1 is 0.857 bits per heavy atom. The molecular weight excluding hydrogens is 650 g/mol. The molecule has 1 atom stereocenters. The van der Waals surface area contributed by atoms with Crippen molar-refractivity contribution >= 4 is 46.0 Å². The highest BCUT2D eigenvalue weighted by Crippen LogP contribution is 2.26. The lowest BCUT2D eigenvalue weighted by Gasteiger charge is -2.23. The summed E-state index contributed by atoms with van der Waals surface area (Å²) in [6.45, 7) is 3.25. The average molecular weight is 694 g/mol. The number of carboxylic acid groups (broad SMARTS) is 2. The summed E-state index contributed by atoms with van der Waals surface area (Å²) in [6.07, 6.45) is 12.6. The summed E-state index contributed by atoms with van der Waals surface area (Å²) in [7, 11) is 0. The zero-order chi connectivity index (χ0) is 35.2.